The number of hydrogen-bond donors (Lipinski definition) is 0. The highest BCUT2D eigenvalue weighted by Crippen LogP contribution is 2.32. The topological polar surface area (TPSA) is 50.3 Å². The Bertz CT molecular complexity index is 745. The Morgan fingerprint density at radius 1 is 1.33 bits per heavy atom. The predicted octanol–water partition coefficient (Wildman–Crippen LogP) is 3.90. The van der Waals surface area contributed by atoms with Crippen LogP contribution in [0, 0.1) is 12.7 Å². The minimum atomic E-state index is -0.402. The first kappa shape index (κ1) is 17.1. The number of nitrogens with zero attached hydrogens (tertiary/aromatic N) is 2. The average molecular weight is 364 g/mol. The van der Waals surface area contributed by atoms with E-state index in [1.54, 1.807) is 0 Å². The Morgan fingerprint density at radius 2 is 2.08 bits per heavy atom. The summed E-state index contributed by atoms with van der Waals surface area (Å²) in [7, 11) is 0. The molecule has 1 aromatic carbocycles. The van der Waals surface area contributed by atoms with Crippen molar-refractivity contribution in [3.8, 4) is 0 Å². The Balaban J connectivity index is 1.78. The molecule has 0 spiro atoms. The van der Waals surface area contributed by atoms with Crippen molar-refractivity contribution in [3.63, 3.8) is 0 Å². The van der Waals surface area contributed by atoms with Gasteiger partial charge in [-0.15, -0.1) is 11.3 Å². The predicted molar refractivity (Wildman–Crippen MR) is 92.8 cm³/mol. The van der Waals surface area contributed by atoms with Crippen LogP contribution in [0.2, 0.25) is 0 Å². The van der Waals surface area contributed by atoms with Gasteiger partial charge in [0.15, 0.2) is 4.34 Å². The Morgan fingerprint density at radius 3 is 2.75 bits per heavy atom. The van der Waals surface area contributed by atoms with E-state index in [4.69, 9.17) is 0 Å². The van der Waals surface area contributed by atoms with Gasteiger partial charge in [0.05, 0.1) is 5.25 Å². The third-order valence-electron chi connectivity index (χ3n) is 3.82. The molecule has 0 aliphatic carbocycles. The van der Waals surface area contributed by atoms with Gasteiger partial charge in [-0.2, -0.15) is 0 Å². The summed E-state index contributed by atoms with van der Waals surface area (Å²) in [6.07, 6.45) is 2.41. The molecule has 1 saturated heterocycles. The van der Waals surface area contributed by atoms with Gasteiger partial charge in [-0.25, -0.2) is 9.37 Å². The van der Waals surface area contributed by atoms with Crippen LogP contribution >= 0.6 is 23.1 Å². The number of aromatic nitrogens is 1. The van der Waals surface area contributed by atoms with Crippen molar-refractivity contribution in [2.45, 2.75) is 35.8 Å². The highest BCUT2D eigenvalue weighted by molar-refractivity contribution is 8.02. The van der Waals surface area contributed by atoms with Crippen LogP contribution in [0.25, 0.3) is 0 Å². The lowest BCUT2D eigenvalue weighted by atomic mass is 10.2. The number of likely N-dealkylation sites (tertiary alicyclic amines) is 1. The van der Waals surface area contributed by atoms with Gasteiger partial charge in [-0.3, -0.25) is 14.5 Å². The Labute approximate surface area is 148 Å². The summed E-state index contributed by atoms with van der Waals surface area (Å²) in [5.41, 5.74) is 1.27. The number of imide groups is 1. The molecule has 7 heteroatoms. The summed E-state index contributed by atoms with van der Waals surface area (Å²) in [6, 6.07) is 5.31. The van der Waals surface area contributed by atoms with Crippen molar-refractivity contribution in [1.82, 2.24) is 9.88 Å². The van der Waals surface area contributed by atoms with E-state index in [1.807, 2.05) is 12.3 Å². The molecule has 2 amide bonds. The fourth-order valence-electron chi connectivity index (χ4n) is 2.57. The summed E-state index contributed by atoms with van der Waals surface area (Å²) in [4.78, 5) is 31.2. The summed E-state index contributed by atoms with van der Waals surface area (Å²) >= 11 is 2.94. The molecule has 0 N–H and O–H groups in total. The second-order valence-corrected chi connectivity index (χ2v) is 7.97. The van der Waals surface area contributed by atoms with Gasteiger partial charge in [0, 0.05) is 23.2 Å². The number of rotatable bonds is 3. The van der Waals surface area contributed by atoms with Crippen LogP contribution < -0.4 is 0 Å². The monoisotopic (exact) mass is 364 g/mol. The van der Waals surface area contributed by atoms with Crippen LogP contribution in [0.15, 0.2) is 34.0 Å². The van der Waals surface area contributed by atoms with Gasteiger partial charge in [0.1, 0.15) is 5.82 Å². The zero-order chi connectivity index (χ0) is 17.1. The number of thiazole rings is 1. The highest BCUT2D eigenvalue weighted by Gasteiger charge is 2.32. The number of hydrogen-bond acceptors (Lipinski definition) is 5. The van der Waals surface area contributed by atoms with E-state index >= 15 is 0 Å². The Hall–Kier alpha value is -1.73. The van der Waals surface area contributed by atoms with Crippen LogP contribution in [0.3, 0.4) is 0 Å². The summed E-state index contributed by atoms with van der Waals surface area (Å²) < 4.78 is 13.9. The fourth-order valence-corrected chi connectivity index (χ4v) is 4.76. The highest BCUT2D eigenvalue weighted by atomic mass is 32.2. The SMILES string of the molecule is Cc1csc(S[C@H]2CCCCN(C(=O)c3ccc(F)cc3)C2=O)n1. The maximum atomic E-state index is 13.0. The van der Waals surface area contributed by atoms with Crippen LogP contribution in [0.4, 0.5) is 4.39 Å². The number of aryl methyl sites for hydroxylation is 1. The fraction of sp³-hybridized carbons (Fsp3) is 0.353. The van der Waals surface area contributed by atoms with E-state index in [1.165, 1.54) is 52.3 Å². The average Bonchev–Trinajstić information content (AvgIpc) is 2.89. The molecule has 126 valence electrons. The van der Waals surface area contributed by atoms with E-state index in [0.717, 1.165) is 29.3 Å². The summed E-state index contributed by atoms with van der Waals surface area (Å²) in [5.74, 6) is -0.941. The van der Waals surface area contributed by atoms with E-state index in [9.17, 15) is 14.0 Å². The molecule has 3 rings (SSSR count). The van der Waals surface area contributed by atoms with Crippen molar-refractivity contribution >= 4 is 34.9 Å². The Kier molecular flexibility index (Phi) is 5.30. The quantitative estimate of drug-likeness (QED) is 0.775. The maximum absolute atomic E-state index is 13.0. The first-order chi connectivity index (χ1) is 11.5. The standard InChI is InChI=1S/C17H17FN2O2S2/c1-11-10-23-17(19-11)24-14-4-2-3-9-20(16(14)22)15(21)12-5-7-13(18)8-6-12/h5-8,10,14H,2-4,9H2,1H3/t14-/m0/s1. The molecule has 1 aliphatic rings. The van der Waals surface area contributed by atoms with Gasteiger partial charge in [-0.05, 0) is 44.0 Å². The number of amides is 2. The van der Waals surface area contributed by atoms with Crippen LogP contribution in [-0.2, 0) is 4.79 Å². The lowest BCUT2D eigenvalue weighted by Gasteiger charge is -2.22. The van der Waals surface area contributed by atoms with Crippen molar-refractivity contribution in [2.75, 3.05) is 6.54 Å². The van der Waals surface area contributed by atoms with Crippen LogP contribution in [-0.4, -0.2) is 33.5 Å². The number of halogens is 1. The molecule has 1 atom stereocenters. The zero-order valence-electron chi connectivity index (χ0n) is 13.2. The van der Waals surface area contributed by atoms with E-state index < -0.39 is 5.82 Å². The molecule has 0 bridgehead atoms. The van der Waals surface area contributed by atoms with Crippen molar-refractivity contribution in [1.29, 1.82) is 0 Å². The van der Waals surface area contributed by atoms with Crippen LogP contribution in [0.1, 0.15) is 35.3 Å². The maximum Gasteiger partial charge on any atom is 0.260 e. The molecule has 4 nitrogen and oxygen atoms in total. The molecule has 0 unspecified atom stereocenters. The zero-order valence-corrected chi connectivity index (χ0v) is 14.8. The first-order valence-corrected chi connectivity index (χ1v) is 9.50. The van der Waals surface area contributed by atoms with E-state index in [-0.39, 0.29) is 17.1 Å². The van der Waals surface area contributed by atoms with Crippen LogP contribution in [0.5, 0.6) is 0 Å². The first-order valence-electron chi connectivity index (χ1n) is 7.74. The summed E-state index contributed by atoms with van der Waals surface area (Å²) in [5, 5.41) is 1.65. The number of thioether (sulfide) groups is 1. The van der Waals surface area contributed by atoms with Crippen molar-refractivity contribution in [2.24, 2.45) is 0 Å². The molecule has 1 aliphatic heterocycles. The molecule has 2 aromatic rings. The number of carbonyl (C=O) groups is 2. The smallest absolute Gasteiger partial charge is 0.260 e. The molecule has 1 fully saturated rings. The second kappa shape index (κ2) is 7.44. The lowest BCUT2D eigenvalue weighted by molar-refractivity contribution is -0.127. The molecular formula is C17H17FN2O2S2. The molecular weight excluding hydrogens is 347 g/mol. The largest absolute Gasteiger partial charge is 0.278 e. The molecule has 0 saturated carbocycles. The number of benzene rings is 1. The van der Waals surface area contributed by atoms with Gasteiger partial charge >= 0.3 is 0 Å². The molecule has 0 radical (unpaired) electrons. The van der Waals surface area contributed by atoms with Gasteiger partial charge in [0.25, 0.3) is 5.91 Å². The third kappa shape index (κ3) is 3.84. The van der Waals surface area contributed by atoms with Crippen molar-refractivity contribution in [3.05, 3.63) is 46.7 Å². The summed E-state index contributed by atoms with van der Waals surface area (Å²) in [6.45, 7) is 2.32. The second-order valence-electron chi connectivity index (χ2n) is 5.66. The molecule has 2 heterocycles. The lowest BCUT2D eigenvalue weighted by Crippen LogP contribution is -2.41. The van der Waals surface area contributed by atoms with Gasteiger partial charge in [-0.1, -0.05) is 18.2 Å². The third-order valence-corrected chi connectivity index (χ3v) is 6.16. The normalized spacial score (nSPS) is 18.5. The molecule has 24 heavy (non-hydrogen) atoms. The van der Waals surface area contributed by atoms with Crippen molar-refractivity contribution < 1.29 is 14.0 Å². The van der Waals surface area contributed by atoms with Gasteiger partial charge < -0.3 is 0 Å². The number of carbonyl (C=O) groups excluding carboxylic acids is 2. The van der Waals surface area contributed by atoms with Gasteiger partial charge in [0.2, 0.25) is 5.91 Å². The molecule has 1 aromatic heterocycles. The minimum absolute atomic E-state index is 0.181. The van der Waals surface area contributed by atoms with E-state index in [2.05, 4.69) is 4.98 Å². The van der Waals surface area contributed by atoms with E-state index in [0.29, 0.717) is 12.1 Å². The minimum Gasteiger partial charge on any atom is -0.278 e.